The van der Waals surface area contributed by atoms with Gasteiger partial charge in [0.25, 0.3) is 0 Å². The summed E-state index contributed by atoms with van der Waals surface area (Å²) in [6, 6.07) is 0. The summed E-state index contributed by atoms with van der Waals surface area (Å²) < 4.78 is 45.2. The van der Waals surface area contributed by atoms with Crippen LogP contribution in [0.3, 0.4) is 0 Å². The van der Waals surface area contributed by atoms with E-state index in [1.165, 1.54) is 0 Å². The maximum absolute atomic E-state index is 12.0. The number of hydrogen-bond acceptors (Lipinski definition) is 4. The van der Waals surface area contributed by atoms with Crippen LogP contribution in [0.1, 0.15) is 60.3 Å². The summed E-state index contributed by atoms with van der Waals surface area (Å²) in [6.45, 7) is 7.27. The zero-order valence-electron chi connectivity index (χ0n) is 13.8. The molecule has 7 heteroatoms. The maximum atomic E-state index is 12.0. The minimum Gasteiger partial charge on any atom is -0.459 e. The minimum atomic E-state index is -4.52. The second kappa shape index (κ2) is 7.83. The Balaban J connectivity index is 4.18. The van der Waals surface area contributed by atoms with Gasteiger partial charge in [0, 0.05) is 6.42 Å². The van der Waals surface area contributed by atoms with Crippen LogP contribution in [0, 0.1) is 5.41 Å². The molecule has 0 radical (unpaired) electrons. The van der Waals surface area contributed by atoms with Gasteiger partial charge < -0.3 is 9.47 Å². The van der Waals surface area contributed by atoms with E-state index in [4.69, 9.17) is 4.74 Å². The van der Waals surface area contributed by atoms with Crippen molar-refractivity contribution in [1.82, 2.24) is 0 Å². The summed E-state index contributed by atoms with van der Waals surface area (Å²) in [5, 5.41) is 0. The van der Waals surface area contributed by atoms with Crippen molar-refractivity contribution in [2.45, 2.75) is 72.1 Å². The van der Waals surface area contributed by atoms with Gasteiger partial charge >= 0.3 is 18.1 Å². The predicted octanol–water partition coefficient (Wildman–Crippen LogP) is 4.02. The fraction of sp³-hybridized carbons (Fsp3) is 0.867. The van der Waals surface area contributed by atoms with Gasteiger partial charge in [0.1, 0.15) is 5.60 Å². The number of carbonyl (C=O) groups excluding carboxylic acids is 2. The van der Waals surface area contributed by atoms with Crippen molar-refractivity contribution in [1.29, 1.82) is 0 Å². The molecule has 0 aromatic carbocycles. The molecule has 0 bridgehead atoms. The minimum absolute atomic E-state index is 0.145. The van der Waals surface area contributed by atoms with Gasteiger partial charge in [-0.1, -0.05) is 6.92 Å². The highest BCUT2D eigenvalue weighted by molar-refractivity contribution is 5.76. The molecule has 0 aliphatic heterocycles. The number of halogens is 3. The zero-order valence-corrected chi connectivity index (χ0v) is 13.8. The van der Waals surface area contributed by atoms with Crippen molar-refractivity contribution >= 4 is 11.9 Å². The summed E-state index contributed by atoms with van der Waals surface area (Å²) in [5.74, 6) is -1.24. The highest BCUT2D eigenvalue weighted by Crippen LogP contribution is 2.27. The van der Waals surface area contributed by atoms with Crippen LogP contribution in [0.25, 0.3) is 0 Å². The molecule has 0 N–H and O–H groups in total. The van der Waals surface area contributed by atoms with Gasteiger partial charge in [-0.15, -0.1) is 0 Å². The molecule has 0 heterocycles. The molecule has 0 unspecified atom stereocenters. The highest BCUT2D eigenvalue weighted by atomic mass is 19.4. The normalized spacial score (nSPS) is 12.9. The van der Waals surface area contributed by atoms with E-state index in [1.807, 2.05) is 6.92 Å². The Bertz CT molecular complexity index is 387. The Morgan fingerprint density at radius 2 is 1.59 bits per heavy atom. The second-order valence-corrected chi connectivity index (χ2v) is 6.52. The van der Waals surface area contributed by atoms with Crippen LogP contribution in [0.15, 0.2) is 0 Å². The van der Waals surface area contributed by atoms with E-state index in [-0.39, 0.29) is 18.8 Å². The van der Waals surface area contributed by atoms with Crippen molar-refractivity contribution in [2.75, 3.05) is 6.61 Å². The largest absolute Gasteiger partial charge is 0.459 e. The smallest absolute Gasteiger partial charge is 0.422 e. The molecular formula is C15H25F3O4. The molecule has 0 aliphatic carbocycles. The third kappa shape index (κ3) is 8.89. The second-order valence-electron chi connectivity index (χ2n) is 6.52. The molecule has 0 fully saturated rings. The van der Waals surface area contributed by atoms with E-state index >= 15 is 0 Å². The molecule has 0 aliphatic rings. The number of carbonyl (C=O) groups is 2. The SMILES string of the molecule is CCC(C)(C)C(=O)OC(C)(C)CCCC(=O)OCC(F)(F)F. The molecule has 4 nitrogen and oxygen atoms in total. The number of esters is 2. The topological polar surface area (TPSA) is 52.6 Å². The molecule has 130 valence electrons. The van der Waals surface area contributed by atoms with E-state index in [2.05, 4.69) is 4.74 Å². The average molecular weight is 326 g/mol. The van der Waals surface area contributed by atoms with Crippen molar-refractivity contribution in [3.05, 3.63) is 0 Å². The number of ether oxygens (including phenoxy) is 2. The Labute approximate surface area is 129 Å². The first kappa shape index (κ1) is 20.7. The Morgan fingerprint density at radius 3 is 2.05 bits per heavy atom. The van der Waals surface area contributed by atoms with Gasteiger partial charge in [-0.05, 0) is 47.0 Å². The molecular weight excluding hydrogens is 301 g/mol. The lowest BCUT2D eigenvalue weighted by Crippen LogP contribution is -2.35. The van der Waals surface area contributed by atoms with Crippen LogP contribution in [-0.4, -0.2) is 30.3 Å². The fourth-order valence-electron chi connectivity index (χ4n) is 1.48. The van der Waals surface area contributed by atoms with Crippen LogP contribution >= 0.6 is 0 Å². The van der Waals surface area contributed by atoms with Gasteiger partial charge in [-0.2, -0.15) is 13.2 Å². The van der Waals surface area contributed by atoms with Crippen molar-refractivity contribution in [3.8, 4) is 0 Å². The molecule has 0 rings (SSSR count). The Morgan fingerprint density at radius 1 is 1.05 bits per heavy atom. The third-order valence-corrected chi connectivity index (χ3v) is 3.36. The van der Waals surface area contributed by atoms with Gasteiger partial charge in [-0.25, -0.2) is 0 Å². The molecule has 0 aromatic rings. The van der Waals surface area contributed by atoms with E-state index in [1.54, 1.807) is 27.7 Å². The van der Waals surface area contributed by atoms with E-state index < -0.39 is 29.8 Å². The molecule has 22 heavy (non-hydrogen) atoms. The van der Waals surface area contributed by atoms with E-state index in [9.17, 15) is 22.8 Å². The first-order valence-corrected chi connectivity index (χ1v) is 7.25. The zero-order chi connectivity index (χ0) is 17.6. The van der Waals surface area contributed by atoms with Crippen molar-refractivity contribution in [3.63, 3.8) is 0 Å². The van der Waals surface area contributed by atoms with Crippen LogP contribution in [0.5, 0.6) is 0 Å². The van der Waals surface area contributed by atoms with Gasteiger partial charge in [0.15, 0.2) is 6.61 Å². The first-order chi connectivity index (χ1) is 9.79. The quantitative estimate of drug-likeness (QED) is 0.632. The maximum Gasteiger partial charge on any atom is 0.422 e. The van der Waals surface area contributed by atoms with E-state index in [0.29, 0.717) is 12.8 Å². The number of alkyl halides is 3. The van der Waals surface area contributed by atoms with Crippen molar-refractivity contribution < 1.29 is 32.2 Å². The molecule has 0 spiro atoms. The number of rotatable bonds is 8. The van der Waals surface area contributed by atoms with Crippen LogP contribution in [-0.2, 0) is 19.1 Å². The molecule has 0 amide bonds. The van der Waals surface area contributed by atoms with Gasteiger partial charge in [0.2, 0.25) is 0 Å². The summed E-state index contributed by atoms with van der Waals surface area (Å²) in [4.78, 5) is 23.2. The Kier molecular flexibility index (Phi) is 7.38. The van der Waals surface area contributed by atoms with Crippen LogP contribution in [0.2, 0.25) is 0 Å². The van der Waals surface area contributed by atoms with Gasteiger partial charge in [0.05, 0.1) is 5.41 Å². The lowest BCUT2D eigenvalue weighted by Gasteiger charge is -2.30. The summed E-state index contributed by atoms with van der Waals surface area (Å²) >= 11 is 0. The molecule has 0 aromatic heterocycles. The Hall–Kier alpha value is -1.27. The lowest BCUT2D eigenvalue weighted by atomic mass is 9.90. The molecule has 0 atom stereocenters. The number of hydrogen-bond donors (Lipinski definition) is 0. The third-order valence-electron chi connectivity index (χ3n) is 3.36. The summed E-state index contributed by atoms with van der Waals surface area (Å²) in [6.07, 6.45) is -3.39. The molecule has 0 saturated carbocycles. The average Bonchev–Trinajstić information content (AvgIpc) is 2.34. The first-order valence-electron chi connectivity index (χ1n) is 7.25. The van der Waals surface area contributed by atoms with E-state index in [0.717, 1.165) is 0 Å². The molecule has 0 saturated heterocycles. The summed E-state index contributed by atoms with van der Waals surface area (Å²) in [7, 11) is 0. The van der Waals surface area contributed by atoms with Gasteiger partial charge in [-0.3, -0.25) is 9.59 Å². The fourth-order valence-corrected chi connectivity index (χ4v) is 1.48. The standard InChI is InChI=1S/C15H25F3O4/c1-6-13(2,3)12(20)22-14(4,5)9-7-8-11(19)21-10-15(16,17)18/h6-10H2,1-5H3. The van der Waals surface area contributed by atoms with Crippen LogP contribution < -0.4 is 0 Å². The summed E-state index contributed by atoms with van der Waals surface area (Å²) in [5.41, 5.74) is -1.38. The van der Waals surface area contributed by atoms with Crippen LogP contribution in [0.4, 0.5) is 13.2 Å². The highest BCUT2D eigenvalue weighted by Gasteiger charge is 2.33. The monoisotopic (exact) mass is 326 g/mol. The predicted molar refractivity (Wildman–Crippen MR) is 75.1 cm³/mol. The lowest BCUT2D eigenvalue weighted by molar-refractivity contribution is -0.186. The van der Waals surface area contributed by atoms with Crippen molar-refractivity contribution in [2.24, 2.45) is 5.41 Å².